The van der Waals surface area contributed by atoms with Crippen molar-refractivity contribution in [2.45, 2.75) is 12.3 Å². The summed E-state index contributed by atoms with van der Waals surface area (Å²) in [5, 5.41) is 0.811. The Balaban J connectivity index is 1.93. The van der Waals surface area contributed by atoms with Gasteiger partial charge in [-0.05, 0) is 17.9 Å². The van der Waals surface area contributed by atoms with Crippen molar-refractivity contribution in [3.8, 4) is 0 Å². The second-order valence-electron chi connectivity index (χ2n) is 4.87. The molecule has 2 unspecified atom stereocenters. The summed E-state index contributed by atoms with van der Waals surface area (Å²) in [5.74, 6) is 0.845. The van der Waals surface area contributed by atoms with Gasteiger partial charge in [0.15, 0.2) is 0 Å². The Morgan fingerprint density at radius 2 is 2.11 bits per heavy atom. The highest BCUT2D eigenvalue weighted by molar-refractivity contribution is 9.09. The minimum absolute atomic E-state index is 0.165. The van der Waals surface area contributed by atoms with Crippen LogP contribution in [0.3, 0.4) is 0 Å². The molecule has 19 heavy (non-hydrogen) atoms. The fraction of sp³-hybridized carbons (Fsp3) is 0.533. The number of methoxy groups -OCH3 is 1. The molecule has 3 nitrogen and oxygen atoms in total. The molecule has 1 fully saturated rings. The fourth-order valence-corrected chi connectivity index (χ4v) is 2.83. The van der Waals surface area contributed by atoms with Gasteiger partial charge in [0.1, 0.15) is 0 Å². The van der Waals surface area contributed by atoms with Crippen molar-refractivity contribution in [1.82, 2.24) is 4.90 Å². The second kappa shape index (κ2) is 7.06. The molecule has 1 aliphatic carbocycles. The summed E-state index contributed by atoms with van der Waals surface area (Å²) in [6.45, 7) is 2.03. The molecule has 0 saturated heterocycles. The quantitative estimate of drug-likeness (QED) is 0.721. The zero-order valence-electron chi connectivity index (χ0n) is 11.2. The summed E-state index contributed by atoms with van der Waals surface area (Å²) in [6, 6.07) is 10.3. The first-order valence-corrected chi connectivity index (χ1v) is 7.78. The Hall–Kier alpha value is -0.870. The second-order valence-corrected chi connectivity index (χ2v) is 5.66. The molecule has 0 heterocycles. The lowest BCUT2D eigenvalue weighted by molar-refractivity contribution is -0.133. The zero-order chi connectivity index (χ0) is 13.7. The van der Waals surface area contributed by atoms with Crippen LogP contribution >= 0.6 is 15.9 Å². The molecule has 0 N–H and O–H groups in total. The molecule has 0 radical (unpaired) electrons. The summed E-state index contributed by atoms with van der Waals surface area (Å²) in [6.07, 6.45) is 0.981. The number of carbonyl (C=O) groups is 1. The van der Waals surface area contributed by atoms with Gasteiger partial charge in [-0.2, -0.15) is 0 Å². The van der Waals surface area contributed by atoms with E-state index in [4.69, 9.17) is 4.74 Å². The van der Waals surface area contributed by atoms with Crippen molar-refractivity contribution in [2.24, 2.45) is 5.92 Å². The third-order valence-corrected chi connectivity index (χ3v) is 3.92. The van der Waals surface area contributed by atoms with E-state index >= 15 is 0 Å². The molecular weight excluding hydrogens is 306 g/mol. The van der Waals surface area contributed by atoms with Crippen molar-refractivity contribution in [1.29, 1.82) is 0 Å². The number of amides is 1. The molecule has 0 aromatic heterocycles. The average molecular weight is 326 g/mol. The van der Waals surface area contributed by atoms with Gasteiger partial charge >= 0.3 is 0 Å². The van der Waals surface area contributed by atoms with E-state index in [1.165, 1.54) is 5.56 Å². The largest absolute Gasteiger partial charge is 0.383 e. The number of hydrogen-bond acceptors (Lipinski definition) is 2. The van der Waals surface area contributed by atoms with Crippen molar-refractivity contribution >= 4 is 21.8 Å². The van der Waals surface area contributed by atoms with Gasteiger partial charge in [-0.3, -0.25) is 4.79 Å². The van der Waals surface area contributed by atoms with Gasteiger partial charge in [0, 0.05) is 31.4 Å². The molecule has 0 spiro atoms. The Morgan fingerprint density at radius 1 is 1.37 bits per heavy atom. The lowest BCUT2D eigenvalue weighted by Crippen LogP contribution is -2.36. The van der Waals surface area contributed by atoms with Gasteiger partial charge in [-0.15, -0.1) is 0 Å². The maximum atomic E-state index is 12.4. The number of carbonyl (C=O) groups excluding carboxylic acids is 1. The van der Waals surface area contributed by atoms with Crippen LogP contribution in [0.25, 0.3) is 0 Å². The van der Waals surface area contributed by atoms with Gasteiger partial charge in [-0.25, -0.2) is 0 Å². The molecule has 1 aliphatic rings. The van der Waals surface area contributed by atoms with Crippen LogP contribution in [-0.4, -0.2) is 42.9 Å². The van der Waals surface area contributed by atoms with Crippen LogP contribution in [0.4, 0.5) is 0 Å². The predicted molar refractivity (Wildman–Crippen MR) is 79.5 cm³/mol. The standard InChI is InChI=1S/C15H20BrNO2/c1-19-10-9-17(8-7-16)15(18)14-11-13(14)12-5-3-2-4-6-12/h2-6,13-14H,7-11H2,1H3. The van der Waals surface area contributed by atoms with E-state index in [9.17, 15) is 4.79 Å². The molecule has 2 rings (SSSR count). The van der Waals surface area contributed by atoms with Crippen LogP contribution in [0.1, 0.15) is 17.9 Å². The highest BCUT2D eigenvalue weighted by atomic mass is 79.9. The van der Waals surface area contributed by atoms with Crippen LogP contribution in [-0.2, 0) is 9.53 Å². The first-order chi connectivity index (χ1) is 9.27. The Morgan fingerprint density at radius 3 is 2.74 bits per heavy atom. The van der Waals surface area contributed by atoms with Crippen molar-refractivity contribution in [3.63, 3.8) is 0 Å². The summed E-state index contributed by atoms with van der Waals surface area (Å²) < 4.78 is 5.07. The number of halogens is 1. The summed E-state index contributed by atoms with van der Waals surface area (Å²) >= 11 is 3.41. The summed E-state index contributed by atoms with van der Waals surface area (Å²) in [7, 11) is 1.67. The van der Waals surface area contributed by atoms with Crippen molar-refractivity contribution < 1.29 is 9.53 Å². The molecule has 104 valence electrons. The smallest absolute Gasteiger partial charge is 0.226 e. The van der Waals surface area contributed by atoms with Crippen LogP contribution in [0.2, 0.25) is 0 Å². The topological polar surface area (TPSA) is 29.5 Å². The summed E-state index contributed by atoms with van der Waals surface area (Å²) in [5.41, 5.74) is 1.28. The lowest BCUT2D eigenvalue weighted by Gasteiger charge is -2.21. The monoisotopic (exact) mass is 325 g/mol. The molecule has 2 atom stereocenters. The SMILES string of the molecule is COCCN(CCBr)C(=O)C1CC1c1ccccc1. The highest BCUT2D eigenvalue weighted by Gasteiger charge is 2.45. The lowest BCUT2D eigenvalue weighted by atomic mass is 10.1. The Kier molecular flexibility index (Phi) is 5.40. The average Bonchev–Trinajstić information content (AvgIpc) is 3.24. The van der Waals surface area contributed by atoms with E-state index in [2.05, 4.69) is 28.1 Å². The molecule has 4 heteroatoms. The van der Waals surface area contributed by atoms with E-state index in [0.29, 0.717) is 19.1 Å². The van der Waals surface area contributed by atoms with Gasteiger partial charge in [0.05, 0.1) is 6.61 Å². The minimum Gasteiger partial charge on any atom is -0.383 e. The van der Waals surface area contributed by atoms with Crippen molar-refractivity contribution in [2.75, 3.05) is 32.1 Å². The number of alkyl halides is 1. The predicted octanol–water partition coefficient (Wildman–Crippen LogP) is 2.66. The number of rotatable bonds is 7. The van der Waals surface area contributed by atoms with Gasteiger partial charge in [-0.1, -0.05) is 46.3 Å². The molecule has 1 aromatic rings. The van der Waals surface area contributed by atoms with Crippen molar-refractivity contribution in [3.05, 3.63) is 35.9 Å². The number of nitrogens with zero attached hydrogens (tertiary/aromatic N) is 1. The van der Waals surface area contributed by atoms with Gasteiger partial charge in [0.2, 0.25) is 5.91 Å². The molecule has 0 aliphatic heterocycles. The minimum atomic E-state index is 0.165. The number of benzene rings is 1. The highest BCUT2D eigenvalue weighted by Crippen LogP contribution is 2.48. The Bertz CT molecular complexity index is 410. The maximum absolute atomic E-state index is 12.4. The van der Waals surface area contributed by atoms with E-state index in [-0.39, 0.29) is 11.8 Å². The first-order valence-electron chi connectivity index (χ1n) is 6.66. The summed E-state index contributed by atoms with van der Waals surface area (Å²) in [4.78, 5) is 14.3. The maximum Gasteiger partial charge on any atom is 0.226 e. The van der Waals surface area contributed by atoms with Crippen LogP contribution < -0.4 is 0 Å². The van der Waals surface area contributed by atoms with E-state index < -0.39 is 0 Å². The molecule has 1 aromatic carbocycles. The third-order valence-electron chi connectivity index (χ3n) is 3.57. The number of ether oxygens (including phenoxy) is 1. The van der Waals surface area contributed by atoms with E-state index in [1.54, 1.807) is 7.11 Å². The molecular formula is C15H20BrNO2. The fourth-order valence-electron chi connectivity index (χ4n) is 2.41. The van der Waals surface area contributed by atoms with E-state index in [1.807, 2.05) is 23.1 Å². The molecule has 1 amide bonds. The van der Waals surface area contributed by atoms with Crippen LogP contribution in [0.15, 0.2) is 30.3 Å². The normalized spacial score (nSPS) is 21.2. The molecule has 1 saturated carbocycles. The van der Waals surface area contributed by atoms with E-state index in [0.717, 1.165) is 18.3 Å². The Labute approximate surface area is 123 Å². The zero-order valence-corrected chi connectivity index (χ0v) is 12.8. The van der Waals surface area contributed by atoms with Gasteiger partial charge in [0.25, 0.3) is 0 Å². The van der Waals surface area contributed by atoms with Crippen LogP contribution in [0.5, 0.6) is 0 Å². The number of hydrogen-bond donors (Lipinski definition) is 0. The molecule has 0 bridgehead atoms. The third kappa shape index (κ3) is 3.80. The van der Waals surface area contributed by atoms with Crippen LogP contribution in [0, 0.1) is 5.92 Å². The first kappa shape index (κ1) is 14.5. The van der Waals surface area contributed by atoms with Gasteiger partial charge < -0.3 is 9.64 Å².